The van der Waals surface area contributed by atoms with Gasteiger partial charge >= 0.3 is 6.09 Å². The van der Waals surface area contributed by atoms with Crippen LogP contribution in [-0.2, 0) is 16.1 Å². The number of ether oxygens (including phenoxy) is 1. The Kier molecular flexibility index (Phi) is 5.75. The Morgan fingerprint density at radius 3 is 2.67 bits per heavy atom. The molecule has 1 N–H and O–H groups in total. The Balaban J connectivity index is 1.55. The molecular formula is C29H36FNO5. The molecule has 194 valence electrons. The van der Waals surface area contributed by atoms with E-state index in [4.69, 9.17) is 4.74 Å². The van der Waals surface area contributed by atoms with E-state index in [2.05, 4.69) is 27.4 Å². The van der Waals surface area contributed by atoms with Gasteiger partial charge < -0.3 is 9.84 Å². The predicted molar refractivity (Wildman–Crippen MR) is 131 cm³/mol. The predicted octanol–water partition coefficient (Wildman–Crippen LogP) is 5.28. The molecule has 5 rings (SSSR count). The largest absolute Gasteiger partial charge is 0.445 e. The molecule has 3 aliphatic carbocycles. The van der Waals surface area contributed by atoms with Crippen LogP contribution in [0.5, 0.6) is 0 Å². The number of carbonyl (C=O) groups excluding carboxylic acids is 3. The minimum atomic E-state index is -0.800. The standard InChI is InChI=1S/C29H36FNO5/c1-6-27(4)14-22(36-26(35)31-15-18-7-8-19(30)13-20(18)25(31)34)28(5)16(2)9-11-29(17(3)24(27)33)12-10-21(32)23(28)29/h6-8,13,16-17,22-24,33H,1,9-12,14-15H2,2-5H3/t16-,17+,22-,23?,24+,27-,28+,29+/m1/s1. The molecule has 0 saturated heterocycles. The number of nitrogens with zero attached hydrogens (tertiary/aromatic N) is 1. The van der Waals surface area contributed by atoms with Gasteiger partial charge in [0.15, 0.2) is 0 Å². The number of benzene rings is 1. The van der Waals surface area contributed by atoms with Crippen LogP contribution in [0.15, 0.2) is 30.9 Å². The first kappa shape index (κ1) is 25.1. The fraction of sp³-hybridized carbons (Fsp3) is 0.621. The van der Waals surface area contributed by atoms with Gasteiger partial charge in [-0.15, -0.1) is 6.58 Å². The van der Waals surface area contributed by atoms with Gasteiger partial charge in [-0.05, 0) is 60.6 Å². The average Bonchev–Trinajstić information content (AvgIpc) is 3.37. The highest BCUT2D eigenvalue weighted by Gasteiger charge is 2.68. The van der Waals surface area contributed by atoms with Crippen molar-refractivity contribution < 1.29 is 28.6 Å². The number of rotatable bonds is 2. The van der Waals surface area contributed by atoms with Crippen molar-refractivity contribution in [2.24, 2.45) is 34.0 Å². The summed E-state index contributed by atoms with van der Waals surface area (Å²) in [6.07, 6.45) is 2.64. The lowest BCUT2D eigenvalue weighted by Gasteiger charge is -2.61. The van der Waals surface area contributed by atoms with E-state index in [-0.39, 0.29) is 47.5 Å². The summed E-state index contributed by atoms with van der Waals surface area (Å²) in [5.41, 5.74) is -1.06. The number of aliphatic hydroxyl groups excluding tert-OH is 1. The summed E-state index contributed by atoms with van der Waals surface area (Å²) in [6.45, 7) is 12.2. The van der Waals surface area contributed by atoms with Crippen molar-refractivity contribution in [2.45, 2.75) is 78.6 Å². The van der Waals surface area contributed by atoms with Crippen LogP contribution < -0.4 is 0 Å². The van der Waals surface area contributed by atoms with Crippen molar-refractivity contribution in [1.82, 2.24) is 4.90 Å². The Hall–Kier alpha value is -2.54. The Bertz CT molecular complexity index is 1150. The van der Waals surface area contributed by atoms with Crippen LogP contribution in [0, 0.1) is 39.8 Å². The second kappa shape index (κ2) is 8.23. The van der Waals surface area contributed by atoms with E-state index in [1.54, 1.807) is 6.08 Å². The molecule has 8 atom stereocenters. The van der Waals surface area contributed by atoms with Gasteiger partial charge in [0, 0.05) is 28.7 Å². The molecule has 3 saturated carbocycles. The van der Waals surface area contributed by atoms with Crippen molar-refractivity contribution in [3.05, 3.63) is 47.8 Å². The first-order valence-electron chi connectivity index (χ1n) is 13.0. The van der Waals surface area contributed by atoms with E-state index in [9.17, 15) is 23.9 Å². The van der Waals surface area contributed by atoms with Crippen LogP contribution >= 0.6 is 0 Å². The second-order valence-electron chi connectivity index (χ2n) is 12.2. The SMILES string of the molecule is C=C[C@]1(C)C[C@@H](OC(=O)N2Cc3ccc(F)cc3C2=O)[C@@]2(C)C3C(=O)CC[C@@]3(CC[C@H]2C)[C@@H](C)[C@@H]1O. The summed E-state index contributed by atoms with van der Waals surface area (Å²) in [7, 11) is 0. The molecule has 6 nitrogen and oxygen atoms in total. The number of ketones is 1. The summed E-state index contributed by atoms with van der Waals surface area (Å²) in [5.74, 6) is -1.33. The summed E-state index contributed by atoms with van der Waals surface area (Å²) in [4.78, 5) is 41.0. The summed E-state index contributed by atoms with van der Waals surface area (Å²) in [6, 6.07) is 3.92. The van der Waals surface area contributed by atoms with E-state index < -0.39 is 40.9 Å². The number of hydrogen-bond acceptors (Lipinski definition) is 5. The van der Waals surface area contributed by atoms with Gasteiger partial charge in [-0.3, -0.25) is 9.59 Å². The number of Topliss-reactive ketones (excluding diaryl/α,β-unsaturated/α-hetero) is 1. The third kappa shape index (κ3) is 3.27. The number of halogens is 1. The van der Waals surface area contributed by atoms with Crippen molar-refractivity contribution >= 4 is 17.8 Å². The lowest BCUT2D eigenvalue weighted by Crippen LogP contribution is -2.63. The van der Waals surface area contributed by atoms with Crippen molar-refractivity contribution in [3.8, 4) is 0 Å². The normalized spacial score (nSPS) is 41.8. The van der Waals surface area contributed by atoms with Crippen LogP contribution in [-0.4, -0.2) is 40.0 Å². The van der Waals surface area contributed by atoms with E-state index in [0.717, 1.165) is 30.2 Å². The maximum Gasteiger partial charge on any atom is 0.417 e. The molecule has 1 aliphatic heterocycles. The van der Waals surface area contributed by atoms with Gasteiger partial charge in [-0.25, -0.2) is 14.1 Å². The molecule has 7 heteroatoms. The molecule has 1 aromatic rings. The number of aliphatic hydroxyl groups is 1. The van der Waals surface area contributed by atoms with Crippen molar-refractivity contribution in [1.29, 1.82) is 0 Å². The lowest BCUT2D eigenvalue weighted by molar-refractivity contribution is -0.192. The van der Waals surface area contributed by atoms with Crippen molar-refractivity contribution in [3.63, 3.8) is 0 Å². The maximum absolute atomic E-state index is 13.8. The summed E-state index contributed by atoms with van der Waals surface area (Å²) >= 11 is 0. The van der Waals surface area contributed by atoms with Gasteiger partial charge in [0.05, 0.1) is 12.6 Å². The summed E-state index contributed by atoms with van der Waals surface area (Å²) in [5, 5.41) is 11.6. The number of amides is 2. The Labute approximate surface area is 211 Å². The van der Waals surface area contributed by atoms with E-state index in [0.29, 0.717) is 12.0 Å². The zero-order valence-electron chi connectivity index (χ0n) is 21.6. The monoisotopic (exact) mass is 497 g/mol. The third-order valence-electron chi connectivity index (χ3n) is 10.6. The maximum atomic E-state index is 13.8. The molecule has 4 aliphatic rings. The molecule has 2 amide bonds. The van der Waals surface area contributed by atoms with E-state index >= 15 is 0 Å². The number of fused-ring (bicyclic) bond motifs is 1. The lowest BCUT2D eigenvalue weighted by atomic mass is 9.44. The molecule has 36 heavy (non-hydrogen) atoms. The highest BCUT2D eigenvalue weighted by atomic mass is 19.1. The molecule has 1 unspecified atom stereocenters. The molecule has 2 bridgehead atoms. The first-order chi connectivity index (χ1) is 16.9. The Morgan fingerprint density at radius 2 is 1.97 bits per heavy atom. The fourth-order valence-corrected chi connectivity index (χ4v) is 8.11. The van der Waals surface area contributed by atoms with Crippen LogP contribution in [0.25, 0.3) is 0 Å². The number of carbonyl (C=O) groups is 3. The molecular weight excluding hydrogens is 461 g/mol. The first-order valence-corrected chi connectivity index (χ1v) is 13.0. The van der Waals surface area contributed by atoms with Gasteiger partial charge in [-0.2, -0.15) is 0 Å². The fourth-order valence-electron chi connectivity index (χ4n) is 8.11. The van der Waals surface area contributed by atoms with E-state index in [1.807, 2.05) is 6.92 Å². The zero-order valence-corrected chi connectivity index (χ0v) is 21.6. The van der Waals surface area contributed by atoms with Crippen LogP contribution in [0.2, 0.25) is 0 Å². The number of imide groups is 1. The van der Waals surface area contributed by atoms with Crippen LogP contribution in [0.1, 0.15) is 75.7 Å². The highest BCUT2D eigenvalue weighted by molar-refractivity contribution is 6.06. The van der Waals surface area contributed by atoms with Gasteiger partial charge in [0.2, 0.25) is 0 Å². The van der Waals surface area contributed by atoms with Gasteiger partial charge in [0.1, 0.15) is 17.7 Å². The number of hydrogen-bond donors (Lipinski definition) is 1. The molecule has 0 radical (unpaired) electrons. The minimum Gasteiger partial charge on any atom is -0.445 e. The van der Waals surface area contributed by atoms with Crippen molar-refractivity contribution in [2.75, 3.05) is 0 Å². The molecule has 1 aromatic carbocycles. The molecule has 0 aromatic heterocycles. The van der Waals surface area contributed by atoms with Crippen LogP contribution in [0.3, 0.4) is 0 Å². The van der Waals surface area contributed by atoms with Gasteiger partial charge in [-0.1, -0.05) is 39.8 Å². The molecule has 1 heterocycles. The smallest absolute Gasteiger partial charge is 0.417 e. The van der Waals surface area contributed by atoms with Gasteiger partial charge in [0.25, 0.3) is 5.91 Å². The third-order valence-corrected chi connectivity index (χ3v) is 10.6. The second-order valence-corrected chi connectivity index (χ2v) is 12.2. The Morgan fingerprint density at radius 1 is 1.25 bits per heavy atom. The molecule has 0 spiro atoms. The topological polar surface area (TPSA) is 83.9 Å². The average molecular weight is 498 g/mol. The molecule has 3 fully saturated rings. The highest BCUT2D eigenvalue weighted by Crippen LogP contribution is 2.68. The quantitative estimate of drug-likeness (QED) is 0.562. The van der Waals surface area contributed by atoms with E-state index in [1.165, 1.54) is 12.1 Å². The zero-order chi connectivity index (χ0) is 26.2. The summed E-state index contributed by atoms with van der Waals surface area (Å²) < 4.78 is 20.0. The minimum absolute atomic E-state index is 0.0109. The van der Waals surface area contributed by atoms with Crippen LogP contribution in [0.4, 0.5) is 9.18 Å².